The number of carbonyl (C=O) groups is 1. The van der Waals surface area contributed by atoms with Crippen molar-refractivity contribution in [2.45, 2.75) is 38.1 Å². The van der Waals surface area contributed by atoms with Gasteiger partial charge in [-0.1, -0.05) is 11.8 Å². The van der Waals surface area contributed by atoms with Crippen molar-refractivity contribution in [3.8, 4) is 5.75 Å². The van der Waals surface area contributed by atoms with Crippen LogP contribution in [-0.4, -0.2) is 32.5 Å². The fraction of sp³-hybridized carbons (Fsp3) is 0.400. The summed E-state index contributed by atoms with van der Waals surface area (Å²) >= 11 is 1.66. The van der Waals surface area contributed by atoms with Crippen molar-refractivity contribution in [2.24, 2.45) is 0 Å². The molecule has 1 N–H and O–H groups in total. The number of benzene rings is 1. The Labute approximate surface area is 133 Å². The van der Waals surface area contributed by atoms with Crippen LogP contribution < -0.4 is 10.1 Å². The highest BCUT2D eigenvalue weighted by Gasteiger charge is 2.18. The summed E-state index contributed by atoms with van der Waals surface area (Å²) < 4.78 is 7.52. The molecule has 0 bridgehead atoms. The van der Waals surface area contributed by atoms with Crippen molar-refractivity contribution in [2.75, 3.05) is 11.1 Å². The topological polar surface area (TPSA) is 69.0 Å². The monoisotopic (exact) mass is 318 g/mol. The highest BCUT2D eigenvalue weighted by atomic mass is 32.2. The lowest BCUT2D eigenvalue weighted by Crippen LogP contribution is -2.17. The molecule has 1 aliphatic heterocycles. The normalized spacial score (nSPS) is 13.8. The van der Waals surface area contributed by atoms with Crippen LogP contribution in [0.5, 0.6) is 5.75 Å². The number of aromatic nitrogens is 3. The molecule has 7 heteroatoms. The first-order valence-electron chi connectivity index (χ1n) is 7.27. The van der Waals surface area contributed by atoms with E-state index in [0.29, 0.717) is 11.5 Å². The molecular weight excluding hydrogens is 300 g/mol. The number of carbonyl (C=O) groups excluding carboxylic acids is 1. The van der Waals surface area contributed by atoms with Gasteiger partial charge in [-0.15, -0.1) is 10.2 Å². The van der Waals surface area contributed by atoms with Gasteiger partial charge in [-0.2, -0.15) is 0 Å². The van der Waals surface area contributed by atoms with Gasteiger partial charge in [-0.05, 0) is 44.5 Å². The molecule has 2 aromatic rings. The van der Waals surface area contributed by atoms with Crippen LogP contribution in [0.1, 0.15) is 30.6 Å². The molecule has 2 heterocycles. The van der Waals surface area contributed by atoms with Crippen LogP contribution in [-0.2, 0) is 6.54 Å². The number of fused-ring (bicyclic) bond motifs is 1. The molecule has 0 fully saturated rings. The summed E-state index contributed by atoms with van der Waals surface area (Å²) in [6, 6.07) is 7.08. The maximum atomic E-state index is 12.3. The van der Waals surface area contributed by atoms with Crippen LogP contribution in [0.2, 0.25) is 0 Å². The van der Waals surface area contributed by atoms with Crippen molar-refractivity contribution >= 4 is 23.6 Å². The Morgan fingerprint density at radius 3 is 2.82 bits per heavy atom. The SMILES string of the molecule is CC(C)Oc1ccc(C(=O)Nc2nnc3n2CCCS3)cc1. The third-order valence-electron chi connectivity index (χ3n) is 3.19. The average Bonchev–Trinajstić information content (AvgIpc) is 2.91. The zero-order valence-corrected chi connectivity index (χ0v) is 13.4. The molecule has 1 amide bonds. The van der Waals surface area contributed by atoms with E-state index in [1.807, 2.05) is 18.4 Å². The number of amides is 1. The van der Waals surface area contributed by atoms with E-state index in [0.717, 1.165) is 29.6 Å². The second-order valence-corrected chi connectivity index (χ2v) is 6.37. The van der Waals surface area contributed by atoms with E-state index >= 15 is 0 Å². The highest BCUT2D eigenvalue weighted by molar-refractivity contribution is 7.99. The molecule has 1 aromatic heterocycles. The first kappa shape index (κ1) is 14.9. The van der Waals surface area contributed by atoms with Crippen LogP contribution >= 0.6 is 11.8 Å². The molecule has 6 nitrogen and oxygen atoms in total. The number of nitrogens with one attached hydrogen (secondary N) is 1. The molecule has 0 saturated heterocycles. The minimum absolute atomic E-state index is 0.111. The van der Waals surface area contributed by atoms with E-state index in [9.17, 15) is 4.79 Å². The van der Waals surface area contributed by atoms with Gasteiger partial charge in [0.1, 0.15) is 5.75 Å². The summed E-state index contributed by atoms with van der Waals surface area (Å²) in [5, 5.41) is 11.8. The molecule has 22 heavy (non-hydrogen) atoms. The van der Waals surface area contributed by atoms with Gasteiger partial charge in [0, 0.05) is 17.9 Å². The minimum atomic E-state index is -0.193. The predicted molar refractivity (Wildman–Crippen MR) is 85.5 cm³/mol. The molecule has 1 aromatic carbocycles. The van der Waals surface area contributed by atoms with Gasteiger partial charge >= 0.3 is 0 Å². The Morgan fingerprint density at radius 1 is 1.32 bits per heavy atom. The fourth-order valence-corrected chi connectivity index (χ4v) is 3.09. The summed E-state index contributed by atoms with van der Waals surface area (Å²) in [4.78, 5) is 12.3. The van der Waals surface area contributed by atoms with Gasteiger partial charge in [-0.25, -0.2) is 0 Å². The minimum Gasteiger partial charge on any atom is -0.491 e. The molecule has 3 rings (SSSR count). The average molecular weight is 318 g/mol. The van der Waals surface area contributed by atoms with Crippen LogP contribution in [0.3, 0.4) is 0 Å². The second-order valence-electron chi connectivity index (χ2n) is 5.30. The quantitative estimate of drug-likeness (QED) is 0.939. The van der Waals surface area contributed by atoms with E-state index in [1.54, 1.807) is 36.0 Å². The van der Waals surface area contributed by atoms with Crippen LogP contribution in [0.15, 0.2) is 29.4 Å². The summed E-state index contributed by atoms with van der Waals surface area (Å²) in [6.07, 6.45) is 1.17. The van der Waals surface area contributed by atoms with Gasteiger partial charge in [0.15, 0.2) is 5.16 Å². The van der Waals surface area contributed by atoms with Gasteiger partial charge < -0.3 is 4.74 Å². The third kappa shape index (κ3) is 3.24. The number of hydrogen-bond donors (Lipinski definition) is 1. The fourth-order valence-electron chi connectivity index (χ4n) is 2.21. The predicted octanol–water partition coefficient (Wildman–Crippen LogP) is 2.81. The number of anilines is 1. The largest absolute Gasteiger partial charge is 0.491 e. The zero-order chi connectivity index (χ0) is 15.5. The molecular formula is C15H18N4O2S. The smallest absolute Gasteiger partial charge is 0.258 e. The van der Waals surface area contributed by atoms with E-state index in [1.165, 1.54) is 0 Å². The molecule has 0 atom stereocenters. The van der Waals surface area contributed by atoms with E-state index in [2.05, 4.69) is 15.5 Å². The highest BCUT2D eigenvalue weighted by Crippen LogP contribution is 2.25. The van der Waals surface area contributed by atoms with Crippen molar-refractivity contribution in [3.05, 3.63) is 29.8 Å². The number of hydrogen-bond acceptors (Lipinski definition) is 5. The van der Waals surface area contributed by atoms with Crippen LogP contribution in [0.25, 0.3) is 0 Å². The van der Waals surface area contributed by atoms with E-state index in [-0.39, 0.29) is 12.0 Å². The van der Waals surface area contributed by atoms with E-state index in [4.69, 9.17) is 4.74 Å². The summed E-state index contributed by atoms with van der Waals surface area (Å²) in [7, 11) is 0. The molecule has 0 spiro atoms. The number of rotatable bonds is 4. The Bertz CT molecular complexity index is 667. The van der Waals surface area contributed by atoms with Crippen molar-refractivity contribution in [1.29, 1.82) is 0 Å². The standard InChI is InChI=1S/C15H18N4O2S/c1-10(2)21-12-6-4-11(5-7-12)13(20)16-14-17-18-15-19(14)8-3-9-22-15/h4-7,10H,3,8-9H2,1-2H3,(H,16,17,20). The lowest BCUT2D eigenvalue weighted by molar-refractivity contribution is 0.102. The Balaban J connectivity index is 1.70. The van der Waals surface area contributed by atoms with Crippen LogP contribution in [0.4, 0.5) is 5.95 Å². The number of nitrogens with zero attached hydrogens (tertiary/aromatic N) is 3. The second kappa shape index (κ2) is 6.39. The first-order valence-corrected chi connectivity index (χ1v) is 8.26. The lowest BCUT2D eigenvalue weighted by atomic mass is 10.2. The molecule has 0 saturated carbocycles. The van der Waals surface area contributed by atoms with Crippen molar-refractivity contribution < 1.29 is 9.53 Å². The maximum absolute atomic E-state index is 12.3. The summed E-state index contributed by atoms with van der Waals surface area (Å²) in [6.45, 7) is 4.77. The first-order chi connectivity index (χ1) is 10.6. The zero-order valence-electron chi connectivity index (χ0n) is 12.6. The van der Waals surface area contributed by atoms with Gasteiger partial charge in [0.2, 0.25) is 5.95 Å². The Morgan fingerprint density at radius 2 is 2.09 bits per heavy atom. The number of ether oxygens (including phenoxy) is 1. The molecule has 0 radical (unpaired) electrons. The van der Waals surface area contributed by atoms with Gasteiger partial charge in [-0.3, -0.25) is 14.7 Å². The molecule has 0 aliphatic carbocycles. The Kier molecular flexibility index (Phi) is 4.33. The summed E-state index contributed by atoms with van der Waals surface area (Å²) in [5.74, 6) is 2.11. The third-order valence-corrected chi connectivity index (χ3v) is 4.24. The summed E-state index contributed by atoms with van der Waals surface area (Å²) in [5.41, 5.74) is 0.567. The van der Waals surface area contributed by atoms with E-state index < -0.39 is 0 Å². The van der Waals surface area contributed by atoms with Gasteiger partial charge in [0.25, 0.3) is 5.91 Å². The Hall–Kier alpha value is -2.02. The number of thioether (sulfide) groups is 1. The molecule has 0 unspecified atom stereocenters. The molecule has 1 aliphatic rings. The van der Waals surface area contributed by atoms with Crippen LogP contribution in [0, 0.1) is 0 Å². The molecule has 116 valence electrons. The van der Waals surface area contributed by atoms with Crippen molar-refractivity contribution in [1.82, 2.24) is 14.8 Å². The van der Waals surface area contributed by atoms with Gasteiger partial charge in [0.05, 0.1) is 6.10 Å². The van der Waals surface area contributed by atoms with Crippen molar-refractivity contribution in [3.63, 3.8) is 0 Å². The maximum Gasteiger partial charge on any atom is 0.258 e. The lowest BCUT2D eigenvalue weighted by Gasteiger charge is -2.14.